The summed E-state index contributed by atoms with van der Waals surface area (Å²) in [5.74, 6) is -1.32. The lowest BCUT2D eigenvalue weighted by molar-refractivity contribution is -0.285. The fourth-order valence-corrected chi connectivity index (χ4v) is 8.28. The number of nitrogens with zero attached hydrogens (tertiary/aromatic N) is 1. The van der Waals surface area contributed by atoms with E-state index in [1.54, 1.807) is 29.2 Å². The third-order valence-electron chi connectivity index (χ3n) is 11.7. The van der Waals surface area contributed by atoms with Crippen LogP contribution < -0.4 is 16.8 Å². The number of carboxylic acid groups (broad SMARTS) is 1. The molecule has 0 saturated carbocycles. The first-order valence-electron chi connectivity index (χ1n) is 22.6. The number of carboxylic acids is 1. The lowest BCUT2D eigenvalue weighted by Gasteiger charge is -2.40. The number of aliphatic hydroxyl groups is 6. The molecule has 17 heteroatoms. The van der Waals surface area contributed by atoms with E-state index in [-0.39, 0.29) is 32.8 Å². The number of rotatable bonds is 23. The molecule has 0 aliphatic carbocycles. The van der Waals surface area contributed by atoms with Crippen LogP contribution in [0.3, 0.4) is 0 Å². The molecule has 4 aromatic carbocycles. The zero-order valence-corrected chi connectivity index (χ0v) is 37.5. The van der Waals surface area contributed by atoms with Crippen molar-refractivity contribution in [1.82, 2.24) is 10.2 Å². The largest absolute Gasteiger partial charge is 0.481 e. The maximum absolute atomic E-state index is 12.7. The summed E-state index contributed by atoms with van der Waals surface area (Å²) in [6, 6.07) is 30.0. The molecule has 4 aromatic rings. The van der Waals surface area contributed by atoms with E-state index < -0.39 is 79.3 Å². The number of nitrogens with two attached hydrogens (primary N) is 2. The first kappa shape index (κ1) is 52.5. The van der Waals surface area contributed by atoms with E-state index in [1.165, 1.54) is 10.9 Å². The summed E-state index contributed by atoms with van der Waals surface area (Å²) in [4.78, 5) is 23.3. The molecule has 2 fully saturated rings. The normalized spacial score (nSPS) is 23.3. The second-order valence-corrected chi connectivity index (χ2v) is 16.9. The van der Waals surface area contributed by atoms with Crippen LogP contribution in [0.5, 0.6) is 0 Å². The number of unbranched alkanes of at least 4 members (excludes halogenated alkanes) is 1. The maximum atomic E-state index is 12.7. The Morgan fingerprint density at radius 3 is 1.61 bits per heavy atom. The van der Waals surface area contributed by atoms with Crippen LogP contribution >= 0.6 is 0 Å². The van der Waals surface area contributed by atoms with Crippen molar-refractivity contribution >= 4 is 22.6 Å². The van der Waals surface area contributed by atoms with Gasteiger partial charge in [0.2, 0.25) is 5.91 Å². The van der Waals surface area contributed by atoms with E-state index in [4.69, 9.17) is 40.3 Å². The highest BCUT2D eigenvalue weighted by molar-refractivity contribution is 5.89. The maximum Gasteiger partial charge on any atom is 0.300 e. The Morgan fingerprint density at radius 1 is 0.697 bits per heavy atom. The number of aliphatic hydroxyl groups excluding tert-OH is 6. The summed E-state index contributed by atoms with van der Waals surface area (Å²) in [6.07, 6.45) is -8.33. The SMILES string of the molecule is CC(=O)O.NCCCCc1ccc(CC[C@H](NCCCN(C[C@H](O)[C@@H](O)[C@@H]2OC(c3ccccc3)OC[C@H]2O)C[C@H](O)[C@@H](O)[C@@H]2OC(c3ccccc3)OC[C@H]2O)C(N)=O)c2ccccc12. The van der Waals surface area contributed by atoms with Gasteiger partial charge in [0.15, 0.2) is 12.6 Å². The van der Waals surface area contributed by atoms with Gasteiger partial charge < -0.3 is 71.5 Å². The minimum Gasteiger partial charge on any atom is -0.481 e. The van der Waals surface area contributed by atoms with E-state index in [0.717, 1.165) is 37.1 Å². The molecule has 362 valence electrons. The molecule has 66 heavy (non-hydrogen) atoms. The lowest BCUT2D eigenvalue weighted by Crippen LogP contribution is -2.56. The van der Waals surface area contributed by atoms with Crippen molar-refractivity contribution in [2.45, 2.75) is 113 Å². The highest BCUT2D eigenvalue weighted by atomic mass is 16.7. The molecular weight excluding hydrogens is 853 g/mol. The Balaban J connectivity index is 0.00000196. The minimum atomic E-state index is -1.56. The zero-order valence-electron chi connectivity index (χ0n) is 37.5. The second kappa shape index (κ2) is 26.8. The van der Waals surface area contributed by atoms with Crippen molar-refractivity contribution < 1.29 is 64.3 Å². The third-order valence-corrected chi connectivity index (χ3v) is 11.7. The van der Waals surface area contributed by atoms with Gasteiger partial charge in [-0.2, -0.15) is 0 Å². The highest BCUT2D eigenvalue weighted by Crippen LogP contribution is 2.31. The Labute approximate surface area is 385 Å². The first-order valence-corrected chi connectivity index (χ1v) is 22.6. The molecule has 17 nitrogen and oxygen atoms in total. The molecule has 0 aromatic heterocycles. The topological polar surface area (TPSA) is 280 Å². The van der Waals surface area contributed by atoms with Crippen LogP contribution in [0.2, 0.25) is 0 Å². The predicted molar refractivity (Wildman–Crippen MR) is 246 cm³/mol. The van der Waals surface area contributed by atoms with Crippen molar-refractivity contribution in [2.75, 3.05) is 45.9 Å². The minimum absolute atomic E-state index is 0.135. The van der Waals surface area contributed by atoms with E-state index in [9.17, 15) is 35.4 Å². The molecule has 2 aliphatic heterocycles. The van der Waals surface area contributed by atoms with Gasteiger partial charge in [-0.05, 0) is 80.1 Å². The van der Waals surface area contributed by atoms with Gasteiger partial charge in [0.05, 0.1) is 31.5 Å². The number of aryl methyl sites for hydroxylation is 2. The van der Waals surface area contributed by atoms with Crippen LogP contribution in [0.4, 0.5) is 0 Å². The molecule has 2 saturated heterocycles. The predicted octanol–water partition coefficient (Wildman–Crippen LogP) is 1.67. The van der Waals surface area contributed by atoms with Crippen LogP contribution in [0.25, 0.3) is 10.8 Å². The fourth-order valence-electron chi connectivity index (χ4n) is 8.28. The number of primary amides is 1. The molecule has 0 radical (unpaired) electrons. The van der Waals surface area contributed by atoms with Crippen LogP contribution in [-0.2, 0) is 41.4 Å². The number of hydrogen-bond donors (Lipinski definition) is 10. The fraction of sp³-hybridized carbons (Fsp3) is 0.510. The Morgan fingerprint density at radius 2 is 1.15 bits per heavy atom. The number of hydrogen-bond acceptors (Lipinski definition) is 15. The molecular formula is C49H68N4O13. The third kappa shape index (κ3) is 15.6. The van der Waals surface area contributed by atoms with Gasteiger partial charge >= 0.3 is 0 Å². The number of carbonyl (C=O) groups is 2. The monoisotopic (exact) mass is 920 g/mol. The average Bonchev–Trinajstić information content (AvgIpc) is 3.31. The highest BCUT2D eigenvalue weighted by Gasteiger charge is 2.42. The van der Waals surface area contributed by atoms with Gasteiger partial charge in [0, 0.05) is 31.1 Å². The van der Waals surface area contributed by atoms with Crippen LogP contribution in [0.15, 0.2) is 97.1 Å². The molecule has 11 atom stereocenters. The van der Waals surface area contributed by atoms with Crippen molar-refractivity contribution in [3.8, 4) is 0 Å². The van der Waals surface area contributed by atoms with Crippen molar-refractivity contribution in [3.05, 3.63) is 119 Å². The van der Waals surface area contributed by atoms with Crippen LogP contribution in [0, 0.1) is 0 Å². The Kier molecular flexibility index (Phi) is 21.3. The number of aliphatic carboxylic acids is 1. The first-order chi connectivity index (χ1) is 31.8. The Hall–Kier alpha value is -4.44. The standard InChI is InChI=1S/C47H64N4O11.C2H4O2/c48-23-10-9-12-30-19-20-31(35-18-8-7-17-34(30)35)21-22-36(45(49)58)50-24-11-25-51(26-37(52)41(56)43-39(54)28-59-46(61-43)32-13-3-1-4-14-32)27-38(53)42(57)44-40(55)29-60-47(62-44)33-15-5-2-6-16-33;1-2(3)4/h1-8,13-20,36-44,46-47,50,52-57H,9-12,21-29,48H2,(H2,49,58);1H3,(H,3,4)/t36-,37-,38-,39+,40+,41+,42+,43+,44+,46?,47?;/m0./s1. The van der Waals surface area contributed by atoms with Crippen molar-refractivity contribution in [2.24, 2.45) is 11.5 Å². The molecule has 12 N–H and O–H groups in total. The summed E-state index contributed by atoms with van der Waals surface area (Å²) < 4.78 is 23.2. The van der Waals surface area contributed by atoms with Gasteiger partial charge in [-0.15, -0.1) is 0 Å². The number of fused-ring (bicyclic) bond motifs is 1. The van der Waals surface area contributed by atoms with Crippen molar-refractivity contribution in [3.63, 3.8) is 0 Å². The molecule has 1 amide bonds. The quantitative estimate of drug-likeness (QED) is 0.0474. The van der Waals surface area contributed by atoms with Gasteiger partial charge in [-0.3, -0.25) is 14.5 Å². The summed E-state index contributed by atoms with van der Waals surface area (Å²) in [5.41, 5.74) is 15.3. The summed E-state index contributed by atoms with van der Waals surface area (Å²) in [6.45, 7) is 1.64. The van der Waals surface area contributed by atoms with E-state index in [2.05, 4.69) is 29.6 Å². The van der Waals surface area contributed by atoms with Gasteiger partial charge in [0.1, 0.15) is 36.6 Å². The van der Waals surface area contributed by atoms with Crippen molar-refractivity contribution in [1.29, 1.82) is 0 Å². The zero-order chi connectivity index (χ0) is 47.6. The molecule has 6 rings (SSSR count). The number of nitrogens with one attached hydrogen (secondary N) is 1. The smallest absolute Gasteiger partial charge is 0.300 e. The van der Waals surface area contributed by atoms with Gasteiger partial charge in [-0.1, -0.05) is 97.1 Å². The Bertz CT molecular complexity index is 1970. The van der Waals surface area contributed by atoms with E-state index in [0.29, 0.717) is 43.5 Å². The number of ether oxygens (including phenoxy) is 4. The van der Waals surface area contributed by atoms with Gasteiger partial charge in [0.25, 0.3) is 5.97 Å². The number of benzene rings is 4. The van der Waals surface area contributed by atoms with Crippen LogP contribution in [-0.4, -0.2) is 153 Å². The van der Waals surface area contributed by atoms with E-state index >= 15 is 0 Å². The molecule has 0 spiro atoms. The van der Waals surface area contributed by atoms with Crippen LogP contribution in [0.1, 0.15) is 67.4 Å². The lowest BCUT2D eigenvalue weighted by atomic mass is 9.93. The summed E-state index contributed by atoms with van der Waals surface area (Å²) in [5, 5.41) is 80.1. The molecule has 2 heterocycles. The summed E-state index contributed by atoms with van der Waals surface area (Å²) >= 11 is 0. The average molecular weight is 921 g/mol. The number of carbonyl (C=O) groups excluding carboxylic acids is 1. The molecule has 0 bridgehead atoms. The molecule has 2 aliphatic rings. The summed E-state index contributed by atoms with van der Waals surface area (Å²) in [7, 11) is 0. The van der Waals surface area contributed by atoms with E-state index in [1.807, 2.05) is 48.5 Å². The second-order valence-electron chi connectivity index (χ2n) is 16.9. The molecule has 2 unspecified atom stereocenters. The number of amides is 1. The van der Waals surface area contributed by atoms with Gasteiger partial charge in [-0.25, -0.2) is 0 Å².